The van der Waals surface area contributed by atoms with Crippen molar-refractivity contribution in [2.45, 2.75) is 13.1 Å². The molecule has 0 amide bonds. The van der Waals surface area contributed by atoms with Gasteiger partial charge in [-0.05, 0) is 19.1 Å². The summed E-state index contributed by atoms with van der Waals surface area (Å²) in [6.07, 6.45) is -4.45. The molecule has 0 spiro atoms. The van der Waals surface area contributed by atoms with Crippen molar-refractivity contribution < 1.29 is 13.2 Å². The van der Waals surface area contributed by atoms with Crippen LogP contribution in [-0.2, 0) is 6.18 Å². The number of aromatic nitrogens is 2. The van der Waals surface area contributed by atoms with Crippen LogP contribution in [0.1, 0.15) is 11.3 Å². The van der Waals surface area contributed by atoms with Gasteiger partial charge >= 0.3 is 6.18 Å². The van der Waals surface area contributed by atoms with E-state index in [2.05, 4.69) is 9.97 Å². The van der Waals surface area contributed by atoms with Crippen LogP contribution in [0.5, 0.6) is 0 Å². The zero-order chi connectivity index (χ0) is 16.4. The third kappa shape index (κ3) is 3.23. The van der Waals surface area contributed by atoms with Crippen molar-refractivity contribution in [3.8, 4) is 22.6 Å². The fourth-order valence-corrected chi connectivity index (χ4v) is 2.37. The van der Waals surface area contributed by atoms with Crippen molar-refractivity contribution >= 4 is 0 Å². The Hall–Kier alpha value is -2.69. The van der Waals surface area contributed by atoms with E-state index in [1.807, 2.05) is 30.3 Å². The predicted molar refractivity (Wildman–Crippen MR) is 82.6 cm³/mol. The van der Waals surface area contributed by atoms with Crippen LogP contribution in [0.4, 0.5) is 13.2 Å². The Labute approximate surface area is 131 Å². The molecule has 3 rings (SSSR count). The summed E-state index contributed by atoms with van der Waals surface area (Å²) in [7, 11) is 0. The van der Waals surface area contributed by atoms with Gasteiger partial charge < -0.3 is 0 Å². The summed E-state index contributed by atoms with van der Waals surface area (Å²) in [6, 6.07) is 16.4. The van der Waals surface area contributed by atoms with Gasteiger partial charge in [0.05, 0.1) is 11.3 Å². The maximum Gasteiger partial charge on any atom is 0.417 e. The molecule has 0 atom stereocenters. The van der Waals surface area contributed by atoms with Gasteiger partial charge in [0, 0.05) is 16.8 Å². The molecule has 116 valence electrons. The van der Waals surface area contributed by atoms with E-state index in [4.69, 9.17) is 0 Å². The van der Waals surface area contributed by atoms with E-state index in [1.165, 1.54) is 12.1 Å². The van der Waals surface area contributed by atoms with E-state index in [1.54, 1.807) is 19.1 Å². The Morgan fingerprint density at radius 1 is 0.826 bits per heavy atom. The molecule has 2 aromatic carbocycles. The van der Waals surface area contributed by atoms with E-state index >= 15 is 0 Å². The van der Waals surface area contributed by atoms with Gasteiger partial charge in [-0.15, -0.1) is 0 Å². The fourth-order valence-electron chi connectivity index (χ4n) is 2.37. The number of halogens is 3. The SMILES string of the molecule is Cc1cc(-c2ccccc2)nc(-c2ccccc2C(F)(F)F)n1. The van der Waals surface area contributed by atoms with Gasteiger partial charge in [0.2, 0.25) is 0 Å². The molecule has 0 N–H and O–H groups in total. The summed E-state index contributed by atoms with van der Waals surface area (Å²) >= 11 is 0. The summed E-state index contributed by atoms with van der Waals surface area (Å²) in [5, 5.41) is 0. The Morgan fingerprint density at radius 2 is 1.48 bits per heavy atom. The third-order valence-corrected chi connectivity index (χ3v) is 3.40. The van der Waals surface area contributed by atoms with Crippen LogP contribution < -0.4 is 0 Å². The van der Waals surface area contributed by atoms with Crippen LogP contribution in [0.3, 0.4) is 0 Å². The highest BCUT2D eigenvalue weighted by atomic mass is 19.4. The molecular weight excluding hydrogens is 301 g/mol. The quantitative estimate of drug-likeness (QED) is 0.654. The van der Waals surface area contributed by atoms with Crippen molar-refractivity contribution in [3.05, 3.63) is 71.9 Å². The lowest BCUT2D eigenvalue weighted by molar-refractivity contribution is -0.137. The molecule has 1 heterocycles. The summed E-state index contributed by atoms with van der Waals surface area (Å²) in [5.41, 5.74) is 1.31. The van der Waals surface area contributed by atoms with E-state index in [9.17, 15) is 13.2 Å². The Kier molecular flexibility index (Phi) is 3.86. The Balaban J connectivity index is 2.18. The van der Waals surface area contributed by atoms with Crippen molar-refractivity contribution in [3.63, 3.8) is 0 Å². The van der Waals surface area contributed by atoms with Gasteiger partial charge in [-0.25, -0.2) is 9.97 Å². The number of hydrogen-bond donors (Lipinski definition) is 0. The maximum atomic E-state index is 13.2. The van der Waals surface area contributed by atoms with Crippen LogP contribution in [-0.4, -0.2) is 9.97 Å². The normalized spacial score (nSPS) is 11.5. The maximum absolute atomic E-state index is 13.2. The number of aryl methyl sites for hydroxylation is 1. The molecule has 5 heteroatoms. The van der Waals surface area contributed by atoms with Crippen LogP contribution in [0.25, 0.3) is 22.6 Å². The number of alkyl halides is 3. The minimum Gasteiger partial charge on any atom is -0.233 e. The number of hydrogen-bond acceptors (Lipinski definition) is 2. The van der Waals surface area contributed by atoms with E-state index in [0.29, 0.717) is 11.4 Å². The second kappa shape index (κ2) is 5.83. The molecule has 0 saturated heterocycles. The lowest BCUT2D eigenvalue weighted by atomic mass is 10.1. The molecule has 2 nitrogen and oxygen atoms in total. The zero-order valence-corrected chi connectivity index (χ0v) is 12.3. The topological polar surface area (TPSA) is 25.8 Å². The highest BCUT2D eigenvalue weighted by Gasteiger charge is 2.34. The molecule has 0 unspecified atom stereocenters. The molecule has 0 saturated carbocycles. The van der Waals surface area contributed by atoms with Crippen molar-refractivity contribution in [2.24, 2.45) is 0 Å². The van der Waals surface area contributed by atoms with Crippen LogP contribution in [0.2, 0.25) is 0 Å². The minimum atomic E-state index is -4.45. The Bertz CT molecular complexity index is 827. The molecule has 3 aromatic rings. The zero-order valence-electron chi connectivity index (χ0n) is 12.3. The Morgan fingerprint density at radius 3 is 2.17 bits per heavy atom. The van der Waals surface area contributed by atoms with Crippen LogP contribution in [0, 0.1) is 6.92 Å². The lowest BCUT2D eigenvalue weighted by Crippen LogP contribution is -2.08. The number of benzene rings is 2. The first-order valence-electron chi connectivity index (χ1n) is 7.03. The average molecular weight is 314 g/mol. The molecule has 0 aliphatic rings. The van der Waals surface area contributed by atoms with Gasteiger partial charge in [0.15, 0.2) is 5.82 Å². The number of rotatable bonds is 2. The van der Waals surface area contributed by atoms with Crippen molar-refractivity contribution in [2.75, 3.05) is 0 Å². The monoisotopic (exact) mass is 314 g/mol. The average Bonchev–Trinajstić information content (AvgIpc) is 2.54. The van der Waals surface area contributed by atoms with Crippen molar-refractivity contribution in [1.82, 2.24) is 9.97 Å². The molecule has 0 radical (unpaired) electrons. The first-order valence-corrected chi connectivity index (χ1v) is 7.03. The standard InChI is InChI=1S/C18H13F3N2/c1-12-11-16(13-7-3-2-4-8-13)23-17(22-12)14-9-5-6-10-15(14)18(19,20)21/h2-11H,1H3. The highest BCUT2D eigenvalue weighted by Crippen LogP contribution is 2.36. The number of nitrogens with zero attached hydrogens (tertiary/aromatic N) is 2. The summed E-state index contributed by atoms with van der Waals surface area (Å²) in [4.78, 5) is 8.53. The summed E-state index contributed by atoms with van der Waals surface area (Å²) in [5.74, 6) is 0.0804. The van der Waals surface area contributed by atoms with Gasteiger partial charge in [-0.1, -0.05) is 48.5 Å². The smallest absolute Gasteiger partial charge is 0.233 e. The third-order valence-electron chi connectivity index (χ3n) is 3.40. The van der Waals surface area contributed by atoms with Crippen LogP contribution >= 0.6 is 0 Å². The van der Waals surface area contributed by atoms with Crippen LogP contribution in [0.15, 0.2) is 60.7 Å². The van der Waals surface area contributed by atoms with Gasteiger partial charge in [0.25, 0.3) is 0 Å². The van der Waals surface area contributed by atoms with Gasteiger partial charge in [-0.2, -0.15) is 13.2 Å². The summed E-state index contributed by atoms with van der Waals surface area (Å²) in [6.45, 7) is 1.74. The second-order valence-corrected chi connectivity index (χ2v) is 5.13. The minimum absolute atomic E-state index is 0.0131. The van der Waals surface area contributed by atoms with E-state index in [-0.39, 0.29) is 11.4 Å². The van der Waals surface area contributed by atoms with E-state index < -0.39 is 11.7 Å². The van der Waals surface area contributed by atoms with Gasteiger partial charge in [0.1, 0.15) is 0 Å². The molecule has 0 fully saturated rings. The molecule has 0 bridgehead atoms. The van der Waals surface area contributed by atoms with Gasteiger partial charge in [-0.3, -0.25) is 0 Å². The second-order valence-electron chi connectivity index (χ2n) is 5.13. The first-order chi connectivity index (χ1) is 10.9. The summed E-state index contributed by atoms with van der Waals surface area (Å²) < 4.78 is 39.6. The molecule has 1 aromatic heterocycles. The molecule has 0 aliphatic carbocycles. The molecule has 23 heavy (non-hydrogen) atoms. The fraction of sp³-hybridized carbons (Fsp3) is 0.111. The predicted octanol–water partition coefficient (Wildman–Crippen LogP) is 5.14. The highest BCUT2D eigenvalue weighted by molar-refractivity contribution is 5.66. The molecular formula is C18H13F3N2. The largest absolute Gasteiger partial charge is 0.417 e. The lowest BCUT2D eigenvalue weighted by Gasteiger charge is -2.13. The van der Waals surface area contributed by atoms with E-state index in [0.717, 1.165) is 11.6 Å². The van der Waals surface area contributed by atoms with Crippen molar-refractivity contribution in [1.29, 1.82) is 0 Å². The molecule has 0 aliphatic heterocycles. The first kappa shape index (κ1) is 15.2.